The first-order valence-corrected chi connectivity index (χ1v) is 3.21. The predicted octanol–water partition coefficient (Wildman–Crippen LogP) is -0.901. The third-order valence-electron chi connectivity index (χ3n) is 1.72. The summed E-state index contributed by atoms with van der Waals surface area (Å²) in [6.07, 6.45) is -2.66. The molecule has 4 heteroatoms. The molecule has 0 aromatic rings. The summed E-state index contributed by atoms with van der Waals surface area (Å²) in [6.45, 7) is 1.69. The Morgan fingerprint density at radius 3 is 2.20 bits per heavy atom. The first-order chi connectivity index (χ1) is 4.66. The van der Waals surface area contributed by atoms with E-state index in [0.29, 0.717) is 0 Å². The Morgan fingerprint density at radius 1 is 1.40 bits per heavy atom. The van der Waals surface area contributed by atoms with Crippen LogP contribution < -0.4 is 0 Å². The molecule has 0 aromatic carbocycles. The van der Waals surface area contributed by atoms with Gasteiger partial charge in [-0.25, -0.2) is 0 Å². The predicted molar refractivity (Wildman–Crippen MR) is 33.4 cm³/mol. The molecular weight excluding hydrogens is 136 g/mol. The van der Waals surface area contributed by atoms with Crippen molar-refractivity contribution in [3.05, 3.63) is 0 Å². The summed E-state index contributed by atoms with van der Waals surface area (Å²) < 4.78 is 9.64. The molecule has 0 saturated carbocycles. The zero-order valence-electron chi connectivity index (χ0n) is 6.02. The van der Waals surface area contributed by atoms with Gasteiger partial charge in [0.25, 0.3) is 0 Å². The molecule has 10 heavy (non-hydrogen) atoms. The van der Waals surface area contributed by atoms with Crippen molar-refractivity contribution in [3.63, 3.8) is 0 Å². The molecule has 1 saturated heterocycles. The van der Waals surface area contributed by atoms with Gasteiger partial charge in [0, 0.05) is 7.11 Å². The van der Waals surface area contributed by atoms with Crippen LogP contribution in [0.1, 0.15) is 6.92 Å². The molecule has 1 aliphatic rings. The fourth-order valence-electron chi connectivity index (χ4n) is 1.07. The molecule has 1 heterocycles. The Morgan fingerprint density at radius 2 is 2.00 bits per heavy atom. The molecule has 1 aliphatic heterocycles. The maximum absolute atomic E-state index is 9.22. The van der Waals surface area contributed by atoms with E-state index in [9.17, 15) is 5.11 Å². The van der Waals surface area contributed by atoms with Crippen molar-refractivity contribution < 1.29 is 19.7 Å². The van der Waals surface area contributed by atoms with Crippen LogP contribution in [-0.4, -0.2) is 41.9 Å². The van der Waals surface area contributed by atoms with Crippen molar-refractivity contribution in [2.24, 2.45) is 0 Å². The lowest BCUT2D eigenvalue weighted by molar-refractivity contribution is -0.132. The second-order valence-corrected chi connectivity index (χ2v) is 2.42. The molecule has 0 radical (unpaired) electrons. The Hall–Kier alpha value is -0.160. The number of methoxy groups -OCH3 is 1. The highest BCUT2D eigenvalue weighted by molar-refractivity contribution is 4.83. The summed E-state index contributed by atoms with van der Waals surface area (Å²) >= 11 is 0. The van der Waals surface area contributed by atoms with Crippen molar-refractivity contribution >= 4 is 0 Å². The van der Waals surface area contributed by atoms with Crippen molar-refractivity contribution in [2.75, 3.05) is 7.11 Å². The maximum atomic E-state index is 9.22. The van der Waals surface area contributed by atoms with Crippen LogP contribution in [0.15, 0.2) is 0 Å². The van der Waals surface area contributed by atoms with Gasteiger partial charge in [0.15, 0.2) is 6.29 Å². The zero-order valence-corrected chi connectivity index (χ0v) is 6.02. The summed E-state index contributed by atoms with van der Waals surface area (Å²) in [5, 5.41) is 18.2. The highest BCUT2D eigenvalue weighted by Crippen LogP contribution is 2.20. The normalized spacial score (nSPS) is 48.0. The van der Waals surface area contributed by atoms with Gasteiger partial charge in [-0.3, -0.25) is 0 Å². The van der Waals surface area contributed by atoms with E-state index in [4.69, 9.17) is 14.6 Å². The Kier molecular flexibility index (Phi) is 2.25. The van der Waals surface area contributed by atoms with Gasteiger partial charge in [-0.2, -0.15) is 0 Å². The van der Waals surface area contributed by atoms with Gasteiger partial charge in [-0.1, -0.05) is 0 Å². The standard InChI is InChI=1S/C6H12O4/c1-3-4(7)5(9-2)6(8)10-3/h3-8H,1-2H3/t3?,4?,5?,6-/m1/s1. The van der Waals surface area contributed by atoms with Gasteiger partial charge in [0.1, 0.15) is 12.2 Å². The van der Waals surface area contributed by atoms with Gasteiger partial charge in [0.05, 0.1) is 6.10 Å². The number of hydrogen-bond acceptors (Lipinski definition) is 4. The second kappa shape index (κ2) is 2.84. The molecule has 0 aliphatic carbocycles. The van der Waals surface area contributed by atoms with Gasteiger partial charge < -0.3 is 19.7 Å². The minimum atomic E-state index is -0.991. The van der Waals surface area contributed by atoms with E-state index < -0.39 is 18.5 Å². The Balaban J connectivity index is 2.55. The molecule has 2 N–H and O–H groups in total. The lowest BCUT2D eigenvalue weighted by atomic mass is 10.2. The summed E-state index contributed by atoms with van der Waals surface area (Å²) in [7, 11) is 1.43. The molecule has 4 atom stereocenters. The van der Waals surface area contributed by atoms with Crippen LogP contribution >= 0.6 is 0 Å². The average Bonchev–Trinajstić information content (AvgIpc) is 2.09. The van der Waals surface area contributed by atoms with E-state index in [1.165, 1.54) is 7.11 Å². The number of aliphatic hydroxyl groups is 2. The van der Waals surface area contributed by atoms with Crippen LogP contribution in [0.25, 0.3) is 0 Å². The smallest absolute Gasteiger partial charge is 0.184 e. The third-order valence-corrected chi connectivity index (χ3v) is 1.72. The molecule has 60 valence electrons. The van der Waals surface area contributed by atoms with E-state index in [0.717, 1.165) is 0 Å². The molecule has 0 spiro atoms. The van der Waals surface area contributed by atoms with Gasteiger partial charge in [0.2, 0.25) is 0 Å². The monoisotopic (exact) mass is 148 g/mol. The van der Waals surface area contributed by atoms with Gasteiger partial charge in [-0.15, -0.1) is 0 Å². The molecule has 0 amide bonds. The van der Waals surface area contributed by atoms with E-state index in [1.54, 1.807) is 6.92 Å². The molecular formula is C6H12O4. The minimum absolute atomic E-state index is 0.347. The highest BCUT2D eigenvalue weighted by Gasteiger charge is 2.40. The van der Waals surface area contributed by atoms with Gasteiger partial charge >= 0.3 is 0 Å². The molecule has 0 bridgehead atoms. The summed E-state index contributed by atoms with van der Waals surface area (Å²) in [5.74, 6) is 0. The van der Waals surface area contributed by atoms with Crippen LogP contribution in [-0.2, 0) is 9.47 Å². The lowest BCUT2D eigenvalue weighted by Crippen LogP contribution is -2.33. The summed E-state index contributed by atoms with van der Waals surface area (Å²) in [5.41, 5.74) is 0. The number of rotatable bonds is 1. The van der Waals surface area contributed by atoms with Crippen LogP contribution in [0.3, 0.4) is 0 Å². The van der Waals surface area contributed by atoms with E-state index >= 15 is 0 Å². The topological polar surface area (TPSA) is 58.9 Å². The van der Waals surface area contributed by atoms with Gasteiger partial charge in [-0.05, 0) is 6.92 Å². The molecule has 1 fully saturated rings. The third kappa shape index (κ3) is 1.15. The molecule has 4 nitrogen and oxygen atoms in total. The Bertz CT molecular complexity index is 116. The van der Waals surface area contributed by atoms with Crippen molar-refractivity contribution in [3.8, 4) is 0 Å². The largest absolute Gasteiger partial charge is 0.387 e. The van der Waals surface area contributed by atoms with Crippen LogP contribution in [0.2, 0.25) is 0 Å². The van der Waals surface area contributed by atoms with Crippen LogP contribution in [0, 0.1) is 0 Å². The fourth-order valence-corrected chi connectivity index (χ4v) is 1.07. The molecule has 1 rings (SSSR count). The number of aliphatic hydroxyl groups excluding tert-OH is 2. The van der Waals surface area contributed by atoms with Crippen LogP contribution in [0.5, 0.6) is 0 Å². The molecule has 3 unspecified atom stereocenters. The minimum Gasteiger partial charge on any atom is -0.387 e. The average molecular weight is 148 g/mol. The fraction of sp³-hybridized carbons (Fsp3) is 1.00. The highest BCUT2D eigenvalue weighted by atomic mass is 16.7. The first kappa shape index (κ1) is 7.94. The van der Waals surface area contributed by atoms with E-state index in [2.05, 4.69) is 0 Å². The SMILES string of the molecule is COC1C(O)C(C)O[C@H]1O. The number of ether oxygens (including phenoxy) is 2. The quantitative estimate of drug-likeness (QED) is 0.506. The zero-order chi connectivity index (χ0) is 7.72. The Labute approximate surface area is 59.4 Å². The van der Waals surface area contributed by atoms with Crippen molar-refractivity contribution in [2.45, 2.75) is 31.5 Å². The van der Waals surface area contributed by atoms with Crippen molar-refractivity contribution in [1.82, 2.24) is 0 Å². The summed E-state index contributed by atoms with van der Waals surface area (Å²) in [6, 6.07) is 0. The van der Waals surface area contributed by atoms with Crippen molar-refractivity contribution in [1.29, 1.82) is 0 Å². The first-order valence-electron chi connectivity index (χ1n) is 3.21. The lowest BCUT2D eigenvalue weighted by Gasteiger charge is -2.13. The van der Waals surface area contributed by atoms with E-state index in [-0.39, 0.29) is 6.10 Å². The van der Waals surface area contributed by atoms with E-state index in [1.807, 2.05) is 0 Å². The maximum Gasteiger partial charge on any atom is 0.184 e. The second-order valence-electron chi connectivity index (χ2n) is 2.42. The summed E-state index contributed by atoms with van der Waals surface area (Å²) in [4.78, 5) is 0. The molecule has 0 aromatic heterocycles. The van der Waals surface area contributed by atoms with Crippen LogP contribution in [0.4, 0.5) is 0 Å². The number of hydrogen-bond donors (Lipinski definition) is 2.